The lowest BCUT2D eigenvalue weighted by molar-refractivity contribution is 0.465. The van der Waals surface area contributed by atoms with Crippen LogP contribution in [0.2, 0.25) is 0 Å². The van der Waals surface area contributed by atoms with Crippen molar-refractivity contribution < 1.29 is 13.6 Å². The maximum Gasteiger partial charge on any atom is 0.260 e. The Morgan fingerprint density at radius 2 is 1.41 bits per heavy atom. The molecule has 0 amide bonds. The monoisotopic (exact) mass is 440 g/mol. The van der Waals surface area contributed by atoms with Crippen LogP contribution in [0.5, 0.6) is 23.0 Å². The van der Waals surface area contributed by atoms with Gasteiger partial charge < -0.3 is 9.47 Å². The molecule has 0 spiro atoms. The van der Waals surface area contributed by atoms with Gasteiger partial charge >= 0.3 is 0 Å². The Labute approximate surface area is 202 Å². The van der Waals surface area contributed by atoms with E-state index in [0.29, 0.717) is 17.0 Å². The van der Waals surface area contributed by atoms with E-state index in [2.05, 4.69) is 12.1 Å². The number of aromatic nitrogens is 1. The van der Waals surface area contributed by atoms with E-state index in [1.54, 1.807) is 12.3 Å². The topological polar surface area (TPSA) is 31.4 Å². The van der Waals surface area contributed by atoms with Gasteiger partial charge in [0.1, 0.15) is 23.0 Å². The number of fused-ring (bicyclic) bond motifs is 4. The maximum atomic E-state index is 8.25. The number of hydrogen-bond acceptors (Lipinski definition) is 3. The number of ether oxygens (including phenoxy) is 2. The van der Waals surface area contributed by atoms with Gasteiger partial charge in [0, 0.05) is 26.9 Å². The number of nitrogens with zero attached hydrogens (tertiary/aromatic N) is 1. The zero-order valence-corrected chi connectivity index (χ0v) is 18.2. The van der Waals surface area contributed by atoms with Gasteiger partial charge in [0.25, 0.3) is 6.71 Å². The molecule has 0 radical (unpaired) electrons. The first-order valence-electron chi connectivity index (χ1n) is 12.8. The molecule has 5 aromatic rings. The van der Waals surface area contributed by atoms with E-state index in [9.17, 15) is 0 Å². The van der Waals surface area contributed by atoms with Gasteiger partial charge in [-0.2, -0.15) is 0 Å². The van der Waals surface area contributed by atoms with E-state index in [0.717, 1.165) is 44.8 Å². The van der Waals surface area contributed by atoms with Crippen molar-refractivity contribution in [3.63, 3.8) is 0 Å². The highest BCUT2D eigenvalue weighted by Gasteiger charge is 2.40. The van der Waals surface area contributed by atoms with Gasteiger partial charge in [0.05, 0.1) is 5.69 Å². The normalized spacial score (nSPS) is 14.4. The first-order valence-corrected chi connectivity index (χ1v) is 11.3. The zero-order valence-electron chi connectivity index (χ0n) is 21.2. The molecule has 34 heavy (non-hydrogen) atoms. The summed E-state index contributed by atoms with van der Waals surface area (Å²) in [6, 6.07) is 31.1. The SMILES string of the molecule is [2H]C([2H])([2H])c1cc(-c2ccc3c4c2Oc2ccccc2B4c2ccccc2O3)ncc1-c1ccccc1. The first kappa shape index (κ1) is 16.3. The summed E-state index contributed by atoms with van der Waals surface area (Å²) in [6.07, 6.45) is 1.65. The number of aryl methyl sites for hydroxylation is 1. The Kier molecular flexibility index (Phi) is 3.53. The molecule has 160 valence electrons. The smallest absolute Gasteiger partial charge is 0.260 e. The lowest BCUT2D eigenvalue weighted by Gasteiger charge is -2.33. The number of pyridine rings is 1. The lowest BCUT2D eigenvalue weighted by atomic mass is 9.34. The third-order valence-electron chi connectivity index (χ3n) is 6.60. The summed E-state index contributed by atoms with van der Waals surface area (Å²) in [5.41, 5.74) is 6.00. The van der Waals surface area contributed by atoms with Crippen molar-refractivity contribution in [1.29, 1.82) is 0 Å². The van der Waals surface area contributed by atoms with Gasteiger partial charge in [-0.3, -0.25) is 4.98 Å². The quantitative estimate of drug-likeness (QED) is 0.335. The zero-order chi connectivity index (χ0) is 25.1. The molecule has 0 bridgehead atoms. The number of para-hydroxylation sites is 2. The Bertz CT molecular complexity index is 1670. The van der Waals surface area contributed by atoms with Crippen molar-refractivity contribution >= 4 is 23.1 Å². The van der Waals surface area contributed by atoms with Crippen LogP contribution in [0.1, 0.15) is 9.68 Å². The Morgan fingerprint density at radius 1 is 0.706 bits per heavy atom. The van der Waals surface area contributed by atoms with Crippen molar-refractivity contribution in [3.05, 3.63) is 109 Å². The van der Waals surface area contributed by atoms with Crippen LogP contribution >= 0.6 is 0 Å². The summed E-state index contributed by atoms with van der Waals surface area (Å²) >= 11 is 0. The minimum absolute atomic E-state index is 0.0643. The molecule has 0 saturated carbocycles. The molecule has 0 aliphatic carbocycles. The standard InChI is InChI=1S/C30H20BNO2/c1-19-17-25(32-18-22(19)20-9-3-2-4-10-20)21-15-16-28-29-30(21)34-27-14-8-6-12-24(27)31(29)23-11-5-7-13-26(23)33-28/h2-18H,1H3/i1D3. The van der Waals surface area contributed by atoms with E-state index in [-0.39, 0.29) is 12.3 Å². The molecule has 7 rings (SSSR count). The minimum atomic E-state index is -2.31. The van der Waals surface area contributed by atoms with E-state index in [1.165, 1.54) is 0 Å². The summed E-state index contributed by atoms with van der Waals surface area (Å²) in [5.74, 6) is 2.97. The van der Waals surface area contributed by atoms with Crippen LogP contribution in [0.4, 0.5) is 0 Å². The average Bonchev–Trinajstić information content (AvgIpc) is 2.92. The lowest BCUT2D eigenvalue weighted by Crippen LogP contribution is -2.57. The van der Waals surface area contributed by atoms with Crippen LogP contribution in [0.3, 0.4) is 0 Å². The van der Waals surface area contributed by atoms with Crippen molar-refractivity contribution in [2.24, 2.45) is 0 Å². The van der Waals surface area contributed by atoms with Gasteiger partial charge in [0.15, 0.2) is 0 Å². The van der Waals surface area contributed by atoms with Gasteiger partial charge in [-0.15, -0.1) is 0 Å². The van der Waals surface area contributed by atoms with Crippen molar-refractivity contribution in [2.45, 2.75) is 6.85 Å². The summed E-state index contributed by atoms with van der Waals surface area (Å²) in [6.45, 7) is -2.38. The highest BCUT2D eigenvalue weighted by molar-refractivity contribution is 6.98. The fraction of sp³-hybridized carbons (Fsp3) is 0.0333. The molecule has 1 aromatic heterocycles. The van der Waals surface area contributed by atoms with Crippen LogP contribution in [-0.2, 0) is 0 Å². The number of hydrogen-bond donors (Lipinski definition) is 0. The summed E-state index contributed by atoms with van der Waals surface area (Å²) in [4.78, 5) is 4.74. The molecule has 3 nitrogen and oxygen atoms in total. The van der Waals surface area contributed by atoms with E-state index >= 15 is 0 Å². The fourth-order valence-electron chi connectivity index (χ4n) is 5.04. The summed E-state index contributed by atoms with van der Waals surface area (Å²) < 4.78 is 37.5. The van der Waals surface area contributed by atoms with Crippen molar-refractivity contribution in [1.82, 2.24) is 4.98 Å². The molecule has 4 aromatic carbocycles. The summed E-state index contributed by atoms with van der Waals surface area (Å²) in [5, 5.41) is 0. The second-order valence-electron chi connectivity index (χ2n) is 8.55. The molecule has 4 heteroatoms. The molecule has 0 unspecified atom stereocenters. The van der Waals surface area contributed by atoms with Gasteiger partial charge in [-0.25, -0.2) is 0 Å². The van der Waals surface area contributed by atoms with Gasteiger partial charge in [0.2, 0.25) is 0 Å². The fourth-order valence-corrected chi connectivity index (χ4v) is 5.04. The third-order valence-corrected chi connectivity index (χ3v) is 6.60. The maximum absolute atomic E-state index is 8.25. The van der Waals surface area contributed by atoms with E-state index < -0.39 is 6.85 Å². The molecular formula is C30H20BNO2. The molecular weight excluding hydrogens is 417 g/mol. The third kappa shape index (κ3) is 2.82. The van der Waals surface area contributed by atoms with Crippen LogP contribution in [0, 0.1) is 6.85 Å². The summed E-state index contributed by atoms with van der Waals surface area (Å²) in [7, 11) is 0. The predicted molar refractivity (Wildman–Crippen MR) is 138 cm³/mol. The molecule has 3 heterocycles. The minimum Gasteiger partial charge on any atom is -0.458 e. The van der Waals surface area contributed by atoms with Gasteiger partial charge in [-0.1, -0.05) is 66.7 Å². The van der Waals surface area contributed by atoms with Crippen LogP contribution in [0.25, 0.3) is 22.4 Å². The molecule has 2 aliphatic heterocycles. The largest absolute Gasteiger partial charge is 0.458 e. The van der Waals surface area contributed by atoms with Crippen molar-refractivity contribution in [2.75, 3.05) is 0 Å². The number of rotatable bonds is 2. The predicted octanol–water partition coefficient (Wildman–Crippen LogP) is 5.45. The van der Waals surface area contributed by atoms with E-state index in [4.69, 9.17) is 18.6 Å². The molecule has 0 saturated heterocycles. The van der Waals surface area contributed by atoms with Gasteiger partial charge in [-0.05, 0) is 59.2 Å². The van der Waals surface area contributed by atoms with Crippen LogP contribution in [0.15, 0.2) is 103 Å². The molecule has 0 atom stereocenters. The Morgan fingerprint density at radius 3 is 2.18 bits per heavy atom. The highest BCUT2D eigenvalue weighted by atomic mass is 16.5. The molecule has 0 N–H and O–H groups in total. The van der Waals surface area contributed by atoms with E-state index in [1.807, 2.05) is 78.9 Å². The highest BCUT2D eigenvalue weighted by Crippen LogP contribution is 2.40. The Hall–Kier alpha value is -4.31. The second-order valence-corrected chi connectivity index (χ2v) is 8.55. The number of benzene rings is 4. The van der Waals surface area contributed by atoms with Crippen LogP contribution < -0.4 is 25.9 Å². The molecule has 2 aliphatic rings. The average molecular weight is 440 g/mol. The molecule has 0 fully saturated rings. The Balaban J connectivity index is 1.45. The second kappa shape index (κ2) is 7.36. The first-order chi connectivity index (χ1) is 18.0. The van der Waals surface area contributed by atoms with Crippen LogP contribution in [-0.4, -0.2) is 11.7 Å². The van der Waals surface area contributed by atoms with Crippen molar-refractivity contribution in [3.8, 4) is 45.4 Å².